The maximum absolute atomic E-state index is 13.4. The Bertz CT molecular complexity index is 690. The molecule has 108 valence electrons. The van der Waals surface area contributed by atoms with Gasteiger partial charge >= 0.3 is 0 Å². The summed E-state index contributed by atoms with van der Waals surface area (Å²) in [5.41, 5.74) is 1.28. The summed E-state index contributed by atoms with van der Waals surface area (Å²) in [5, 5.41) is 0. The molecule has 1 heterocycles. The van der Waals surface area contributed by atoms with Crippen molar-refractivity contribution in [1.29, 1.82) is 0 Å². The number of hydrogen-bond donors (Lipinski definition) is 0. The molecule has 3 nitrogen and oxygen atoms in total. The van der Waals surface area contributed by atoms with E-state index in [0.29, 0.717) is 29.7 Å². The Morgan fingerprint density at radius 2 is 2.05 bits per heavy atom. The van der Waals surface area contributed by atoms with E-state index in [1.54, 1.807) is 11.0 Å². The fourth-order valence-corrected chi connectivity index (χ4v) is 2.75. The first kappa shape index (κ1) is 14.1. The molecular formula is C16H13BrFNO2. The van der Waals surface area contributed by atoms with Crippen molar-refractivity contribution >= 4 is 21.8 Å². The fraction of sp³-hybridized carbons (Fsp3) is 0.188. The van der Waals surface area contributed by atoms with Crippen LogP contribution in [0.2, 0.25) is 0 Å². The van der Waals surface area contributed by atoms with E-state index in [-0.39, 0.29) is 5.91 Å². The summed E-state index contributed by atoms with van der Waals surface area (Å²) in [4.78, 5) is 14.3. The van der Waals surface area contributed by atoms with Gasteiger partial charge in [-0.25, -0.2) is 4.39 Å². The van der Waals surface area contributed by atoms with Crippen LogP contribution < -0.4 is 4.74 Å². The molecular weight excluding hydrogens is 337 g/mol. The van der Waals surface area contributed by atoms with Crippen molar-refractivity contribution in [3.05, 3.63) is 63.9 Å². The van der Waals surface area contributed by atoms with Crippen molar-refractivity contribution in [2.75, 3.05) is 13.2 Å². The predicted octanol–water partition coefficient (Wildman–Crippen LogP) is 3.62. The van der Waals surface area contributed by atoms with E-state index in [1.807, 2.05) is 24.3 Å². The number of hydrogen-bond acceptors (Lipinski definition) is 2. The Labute approximate surface area is 130 Å². The van der Waals surface area contributed by atoms with Crippen molar-refractivity contribution in [2.45, 2.75) is 6.54 Å². The topological polar surface area (TPSA) is 29.5 Å². The van der Waals surface area contributed by atoms with E-state index in [1.165, 1.54) is 12.1 Å². The van der Waals surface area contributed by atoms with Gasteiger partial charge in [0.1, 0.15) is 18.2 Å². The molecule has 0 aromatic heterocycles. The van der Waals surface area contributed by atoms with Gasteiger partial charge in [0.2, 0.25) is 0 Å². The maximum atomic E-state index is 13.4. The van der Waals surface area contributed by atoms with E-state index >= 15 is 0 Å². The quantitative estimate of drug-likeness (QED) is 0.786. The molecule has 0 saturated carbocycles. The Balaban J connectivity index is 1.90. The lowest BCUT2D eigenvalue weighted by molar-refractivity contribution is 0.0732. The highest BCUT2D eigenvalue weighted by Gasteiger charge is 2.22. The molecule has 2 aromatic rings. The first-order valence-corrected chi connectivity index (χ1v) is 7.39. The van der Waals surface area contributed by atoms with Gasteiger partial charge < -0.3 is 9.64 Å². The second-order valence-electron chi connectivity index (χ2n) is 4.81. The Hall–Kier alpha value is -1.88. The third kappa shape index (κ3) is 2.93. The van der Waals surface area contributed by atoms with Crippen LogP contribution in [0, 0.1) is 5.82 Å². The minimum absolute atomic E-state index is 0.207. The predicted molar refractivity (Wildman–Crippen MR) is 80.8 cm³/mol. The number of amides is 1. The summed E-state index contributed by atoms with van der Waals surface area (Å²) in [5.74, 6) is 0.167. The largest absolute Gasteiger partial charge is 0.491 e. The van der Waals surface area contributed by atoms with Gasteiger partial charge in [0.05, 0.1) is 12.1 Å². The van der Waals surface area contributed by atoms with Gasteiger partial charge in [0, 0.05) is 16.6 Å². The van der Waals surface area contributed by atoms with Crippen molar-refractivity contribution in [3.8, 4) is 5.75 Å². The number of para-hydroxylation sites is 1. The number of fused-ring (bicyclic) bond motifs is 1. The van der Waals surface area contributed by atoms with Crippen molar-refractivity contribution in [3.63, 3.8) is 0 Å². The van der Waals surface area contributed by atoms with E-state index in [0.717, 1.165) is 11.3 Å². The van der Waals surface area contributed by atoms with Gasteiger partial charge in [0.15, 0.2) is 0 Å². The summed E-state index contributed by atoms with van der Waals surface area (Å²) in [6.07, 6.45) is 0. The van der Waals surface area contributed by atoms with E-state index in [9.17, 15) is 9.18 Å². The average Bonchev–Trinajstić information content (AvgIpc) is 2.71. The highest BCUT2D eigenvalue weighted by Crippen LogP contribution is 2.25. The van der Waals surface area contributed by atoms with Crippen LogP contribution in [0.15, 0.2) is 46.9 Å². The van der Waals surface area contributed by atoms with Gasteiger partial charge in [-0.2, -0.15) is 0 Å². The third-order valence-electron chi connectivity index (χ3n) is 3.40. The van der Waals surface area contributed by atoms with Gasteiger partial charge in [0.25, 0.3) is 5.91 Å². The van der Waals surface area contributed by atoms with Gasteiger partial charge in [-0.15, -0.1) is 0 Å². The van der Waals surface area contributed by atoms with Crippen LogP contribution in [0.1, 0.15) is 15.9 Å². The zero-order chi connectivity index (χ0) is 14.8. The smallest absolute Gasteiger partial charge is 0.255 e. The molecule has 1 aliphatic rings. The van der Waals surface area contributed by atoms with E-state index in [4.69, 9.17) is 4.74 Å². The molecule has 3 rings (SSSR count). The standard InChI is InChI=1S/C16H13BrFNO2/c17-14-6-5-12(18)9-13(14)16(20)19-7-8-21-15-4-2-1-3-11(15)10-19/h1-6,9H,7-8,10H2. The zero-order valence-corrected chi connectivity index (χ0v) is 12.8. The Morgan fingerprint density at radius 3 is 2.90 bits per heavy atom. The molecule has 2 aromatic carbocycles. The molecule has 0 spiro atoms. The second kappa shape index (κ2) is 5.85. The molecule has 1 aliphatic heterocycles. The molecule has 0 bridgehead atoms. The van der Waals surface area contributed by atoms with Crippen LogP contribution in [0.25, 0.3) is 0 Å². The number of ether oxygens (including phenoxy) is 1. The maximum Gasteiger partial charge on any atom is 0.255 e. The minimum Gasteiger partial charge on any atom is -0.491 e. The lowest BCUT2D eigenvalue weighted by atomic mass is 10.1. The zero-order valence-electron chi connectivity index (χ0n) is 11.2. The molecule has 0 saturated heterocycles. The molecule has 1 amide bonds. The van der Waals surface area contributed by atoms with Gasteiger partial charge in [-0.05, 0) is 40.2 Å². The summed E-state index contributed by atoms with van der Waals surface area (Å²) < 4.78 is 19.6. The van der Waals surface area contributed by atoms with Crippen LogP contribution in [-0.2, 0) is 6.54 Å². The van der Waals surface area contributed by atoms with Crippen molar-refractivity contribution in [2.24, 2.45) is 0 Å². The van der Waals surface area contributed by atoms with Gasteiger partial charge in [-0.3, -0.25) is 4.79 Å². The number of carbonyl (C=O) groups is 1. The number of benzene rings is 2. The normalized spacial score (nSPS) is 14.1. The van der Waals surface area contributed by atoms with E-state index in [2.05, 4.69) is 15.9 Å². The number of nitrogens with zero attached hydrogens (tertiary/aromatic N) is 1. The van der Waals surface area contributed by atoms with Gasteiger partial charge in [-0.1, -0.05) is 18.2 Å². The van der Waals surface area contributed by atoms with Crippen LogP contribution in [0.3, 0.4) is 0 Å². The molecule has 0 aliphatic carbocycles. The lowest BCUT2D eigenvalue weighted by Gasteiger charge is -2.20. The fourth-order valence-electron chi connectivity index (χ4n) is 2.33. The molecule has 0 atom stereocenters. The number of halogens is 2. The first-order chi connectivity index (χ1) is 10.1. The summed E-state index contributed by atoms with van der Waals surface area (Å²) >= 11 is 3.30. The summed E-state index contributed by atoms with van der Waals surface area (Å²) in [6, 6.07) is 11.8. The number of carbonyl (C=O) groups excluding carboxylic acids is 1. The van der Waals surface area contributed by atoms with Crippen LogP contribution in [0.5, 0.6) is 5.75 Å². The van der Waals surface area contributed by atoms with Crippen molar-refractivity contribution < 1.29 is 13.9 Å². The third-order valence-corrected chi connectivity index (χ3v) is 4.09. The van der Waals surface area contributed by atoms with Crippen LogP contribution >= 0.6 is 15.9 Å². The average molecular weight is 350 g/mol. The number of rotatable bonds is 1. The summed E-state index contributed by atoms with van der Waals surface area (Å²) in [6.45, 7) is 1.35. The summed E-state index contributed by atoms with van der Waals surface area (Å²) in [7, 11) is 0. The molecule has 21 heavy (non-hydrogen) atoms. The highest BCUT2D eigenvalue weighted by atomic mass is 79.9. The molecule has 0 N–H and O–H groups in total. The van der Waals surface area contributed by atoms with E-state index < -0.39 is 5.82 Å². The minimum atomic E-state index is -0.423. The highest BCUT2D eigenvalue weighted by molar-refractivity contribution is 9.10. The Kier molecular flexibility index (Phi) is 3.92. The lowest BCUT2D eigenvalue weighted by Crippen LogP contribution is -2.32. The SMILES string of the molecule is O=C(c1cc(F)ccc1Br)N1CCOc2ccccc2C1. The second-order valence-corrected chi connectivity index (χ2v) is 5.66. The molecule has 5 heteroatoms. The van der Waals surface area contributed by atoms with Crippen LogP contribution in [0.4, 0.5) is 4.39 Å². The Morgan fingerprint density at radius 1 is 1.24 bits per heavy atom. The first-order valence-electron chi connectivity index (χ1n) is 6.60. The molecule has 0 radical (unpaired) electrons. The van der Waals surface area contributed by atoms with Crippen molar-refractivity contribution in [1.82, 2.24) is 4.90 Å². The monoisotopic (exact) mass is 349 g/mol. The molecule has 0 unspecified atom stereocenters. The van der Waals surface area contributed by atoms with Crippen LogP contribution in [-0.4, -0.2) is 24.0 Å². The molecule has 0 fully saturated rings.